The molecule has 0 saturated carbocycles. The minimum Gasteiger partial charge on any atom is -0.324 e. The number of hydrogen-bond donors (Lipinski definition) is 0. The van der Waals surface area contributed by atoms with Gasteiger partial charge in [0, 0.05) is 30.9 Å². The lowest BCUT2D eigenvalue weighted by Crippen LogP contribution is -2.16. The fourth-order valence-corrected chi connectivity index (χ4v) is 3.52. The van der Waals surface area contributed by atoms with E-state index in [0.29, 0.717) is 5.92 Å². The fourth-order valence-electron chi connectivity index (χ4n) is 3.52. The van der Waals surface area contributed by atoms with Crippen molar-refractivity contribution in [2.45, 2.75) is 45.6 Å². The maximum absolute atomic E-state index is 4.92. The molecule has 3 aromatic heterocycles. The van der Waals surface area contributed by atoms with E-state index in [-0.39, 0.29) is 6.04 Å². The molecule has 0 fully saturated rings. The minimum absolute atomic E-state index is 0.00474. The number of aryl methyl sites for hydroxylation is 2. The molecule has 0 amide bonds. The van der Waals surface area contributed by atoms with Gasteiger partial charge in [-0.25, -0.2) is 15.0 Å². The first-order valence-corrected chi connectivity index (χ1v) is 10.1. The topological polar surface area (TPSA) is 61.4 Å². The Kier molecular flexibility index (Phi) is 5.51. The van der Waals surface area contributed by atoms with Crippen LogP contribution in [0.25, 0.3) is 5.82 Å². The van der Waals surface area contributed by atoms with Crippen LogP contribution in [-0.2, 0) is 12.8 Å². The van der Waals surface area contributed by atoms with Crippen LogP contribution in [-0.4, -0.2) is 29.3 Å². The van der Waals surface area contributed by atoms with Gasteiger partial charge in [0.05, 0.1) is 6.04 Å². The molecule has 0 radical (unpaired) electrons. The predicted octanol–water partition coefficient (Wildman–Crippen LogP) is 4.38. The second-order valence-electron chi connectivity index (χ2n) is 7.49. The number of hydrogen-bond acceptors (Lipinski definition) is 4. The third-order valence-electron chi connectivity index (χ3n) is 5.03. The highest BCUT2D eigenvalue weighted by Crippen LogP contribution is 2.24. The molecule has 1 atom stereocenters. The van der Waals surface area contributed by atoms with E-state index >= 15 is 0 Å². The average molecular weight is 387 g/mol. The second-order valence-corrected chi connectivity index (χ2v) is 7.49. The van der Waals surface area contributed by atoms with Crippen LogP contribution in [0.1, 0.15) is 55.8 Å². The van der Waals surface area contributed by atoms with Crippen molar-refractivity contribution in [2.24, 2.45) is 0 Å². The van der Waals surface area contributed by atoms with Crippen LogP contribution in [0.2, 0.25) is 0 Å². The molecular formula is C23H26N6. The summed E-state index contributed by atoms with van der Waals surface area (Å²) in [7, 11) is 0. The van der Waals surface area contributed by atoms with Gasteiger partial charge in [-0.1, -0.05) is 50.2 Å². The van der Waals surface area contributed by atoms with Gasteiger partial charge in [-0.05, 0) is 31.0 Å². The van der Waals surface area contributed by atoms with Crippen LogP contribution >= 0.6 is 0 Å². The number of rotatable bonds is 7. The molecule has 0 saturated heterocycles. The van der Waals surface area contributed by atoms with Gasteiger partial charge < -0.3 is 4.57 Å². The highest BCUT2D eigenvalue weighted by molar-refractivity contribution is 5.24. The SMILES string of the molecule is CC(C)c1nccn1[C@@H](C)c1nc(CCc2ccccc2)nn1-c1ccccn1. The monoisotopic (exact) mass is 386 g/mol. The summed E-state index contributed by atoms with van der Waals surface area (Å²) in [6.07, 6.45) is 7.34. The number of nitrogens with zero attached hydrogens (tertiary/aromatic N) is 6. The van der Waals surface area contributed by atoms with Crippen molar-refractivity contribution < 1.29 is 0 Å². The smallest absolute Gasteiger partial charge is 0.157 e. The van der Waals surface area contributed by atoms with Gasteiger partial charge in [0.25, 0.3) is 0 Å². The predicted molar refractivity (Wildman–Crippen MR) is 113 cm³/mol. The third kappa shape index (κ3) is 4.11. The Balaban J connectivity index is 1.69. The van der Waals surface area contributed by atoms with Crippen molar-refractivity contribution in [2.75, 3.05) is 0 Å². The summed E-state index contributed by atoms with van der Waals surface area (Å²) in [6, 6.07) is 16.3. The molecule has 0 bridgehead atoms. The van der Waals surface area contributed by atoms with Gasteiger partial charge in [0.2, 0.25) is 0 Å². The Hall–Kier alpha value is -3.28. The number of benzene rings is 1. The molecule has 6 heteroatoms. The van der Waals surface area contributed by atoms with Crippen LogP contribution in [0.4, 0.5) is 0 Å². The summed E-state index contributed by atoms with van der Waals surface area (Å²) in [6.45, 7) is 6.44. The summed E-state index contributed by atoms with van der Waals surface area (Å²) in [4.78, 5) is 14.0. The first-order chi connectivity index (χ1) is 14.1. The maximum atomic E-state index is 4.92. The van der Waals surface area contributed by atoms with Crippen molar-refractivity contribution in [1.82, 2.24) is 29.3 Å². The molecule has 148 valence electrons. The maximum Gasteiger partial charge on any atom is 0.157 e. The lowest BCUT2D eigenvalue weighted by Gasteiger charge is -2.18. The van der Waals surface area contributed by atoms with E-state index in [1.54, 1.807) is 6.20 Å². The molecule has 0 spiro atoms. The van der Waals surface area contributed by atoms with Crippen LogP contribution in [0.15, 0.2) is 67.1 Å². The van der Waals surface area contributed by atoms with Gasteiger partial charge in [0.15, 0.2) is 17.5 Å². The number of pyridine rings is 1. The zero-order valence-electron chi connectivity index (χ0n) is 17.1. The van der Waals surface area contributed by atoms with Gasteiger partial charge >= 0.3 is 0 Å². The normalized spacial score (nSPS) is 12.4. The van der Waals surface area contributed by atoms with Crippen LogP contribution in [0.3, 0.4) is 0 Å². The van der Waals surface area contributed by atoms with E-state index in [1.807, 2.05) is 41.3 Å². The summed E-state index contributed by atoms with van der Waals surface area (Å²) in [5.41, 5.74) is 1.29. The van der Waals surface area contributed by atoms with Gasteiger partial charge in [-0.15, -0.1) is 5.10 Å². The van der Waals surface area contributed by atoms with Crippen molar-refractivity contribution >= 4 is 0 Å². The van der Waals surface area contributed by atoms with E-state index < -0.39 is 0 Å². The van der Waals surface area contributed by atoms with Crippen LogP contribution < -0.4 is 0 Å². The third-order valence-corrected chi connectivity index (χ3v) is 5.03. The standard InChI is InChI=1S/C23H26N6/c1-17(2)22-25-15-16-28(22)18(3)23-26-20(13-12-19-9-5-4-6-10-19)27-29(23)21-11-7-8-14-24-21/h4-11,14-18H,12-13H2,1-3H3/t18-/m0/s1. The lowest BCUT2D eigenvalue weighted by atomic mass is 10.1. The Morgan fingerprint density at radius 2 is 1.62 bits per heavy atom. The van der Waals surface area contributed by atoms with E-state index in [0.717, 1.165) is 36.1 Å². The molecule has 1 aromatic carbocycles. The highest BCUT2D eigenvalue weighted by atomic mass is 15.4. The first-order valence-electron chi connectivity index (χ1n) is 10.1. The lowest BCUT2D eigenvalue weighted by molar-refractivity contribution is 0.537. The Labute approximate surface area is 171 Å². The second kappa shape index (κ2) is 8.39. The van der Waals surface area contributed by atoms with Crippen LogP contribution in [0, 0.1) is 0 Å². The number of imidazole rings is 1. The van der Waals surface area contributed by atoms with Crippen molar-refractivity contribution in [3.63, 3.8) is 0 Å². The average Bonchev–Trinajstić information content (AvgIpc) is 3.41. The molecular weight excluding hydrogens is 360 g/mol. The quantitative estimate of drug-likeness (QED) is 0.473. The number of aromatic nitrogens is 6. The zero-order valence-corrected chi connectivity index (χ0v) is 17.1. The molecule has 29 heavy (non-hydrogen) atoms. The Bertz CT molecular complexity index is 1050. The van der Waals surface area contributed by atoms with Gasteiger partial charge in [-0.2, -0.15) is 4.68 Å². The molecule has 0 N–H and O–H groups in total. The Morgan fingerprint density at radius 3 is 2.34 bits per heavy atom. The summed E-state index contributed by atoms with van der Waals surface area (Å²) in [5.74, 6) is 3.84. The minimum atomic E-state index is -0.00474. The molecule has 4 aromatic rings. The molecule has 3 heterocycles. The molecule has 0 aliphatic heterocycles. The molecule has 0 aliphatic carbocycles. The van der Waals surface area contributed by atoms with Crippen LogP contribution in [0.5, 0.6) is 0 Å². The zero-order chi connectivity index (χ0) is 20.2. The van der Waals surface area contributed by atoms with Gasteiger partial charge in [-0.3, -0.25) is 0 Å². The fraction of sp³-hybridized carbons (Fsp3) is 0.304. The molecule has 0 unspecified atom stereocenters. The van der Waals surface area contributed by atoms with E-state index in [4.69, 9.17) is 10.1 Å². The molecule has 6 nitrogen and oxygen atoms in total. The summed E-state index contributed by atoms with van der Waals surface area (Å²) in [5, 5.41) is 4.81. The van der Waals surface area contributed by atoms with E-state index in [9.17, 15) is 0 Å². The Morgan fingerprint density at radius 1 is 0.828 bits per heavy atom. The largest absolute Gasteiger partial charge is 0.324 e. The van der Waals surface area contributed by atoms with E-state index in [2.05, 4.69) is 59.6 Å². The summed E-state index contributed by atoms with van der Waals surface area (Å²) < 4.78 is 4.05. The van der Waals surface area contributed by atoms with Crippen molar-refractivity contribution in [1.29, 1.82) is 0 Å². The summed E-state index contributed by atoms with van der Waals surface area (Å²) >= 11 is 0. The van der Waals surface area contributed by atoms with Crippen molar-refractivity contribution in [3.8, 4) is 5.82 Å². The first kappa shape index (κ1) is 19.1. The molecule has 4 rings (SSSR count). The van der Waals surface area contributed by atoms with Gasteiger partial charge in [0.1, 0.15) is 5.82 Å². The molecule has 0 aliphatic rings. The highest BCUT2D eigenvalue weighted by Gasteiger charge is 2.22. The van der Waals surface area contributed by atoms with Crippen molar-refractivity contribution in [3.05, 3.63) is 90.2 Å². The van der Waals surface area contributed by atoms with E-state index in [1.165, 1.54) is 5.56 Å².